The van der Waals surface area contributed by atoms with Crippen LogP contribution in [0.1, 0.15) is 7.43 Å². The Bertz CT molecular complexity index is 2230. The van der Waals surface area contributed by atoms with Crippen molar-refractivity contribution >= 4 is 45.5 Å². The zero-order valence-electron chi connectivity index (χ0n) is 22.3. The van der Waals surface area contributed by atoms with Crippen molar-refractivity contribution in [2.75, 3.05) is 7.11 Å². The lowest BCUT2D eigenvalue weighted by atomic mass is 10.0. The minimum Gasteiger partial charge on any atom is -0.505 e. The number of aromatic hydroxyl groups is 1. The van der Waals surface area contributed by atoms with Crippen LogP contribution in [0.3, 0.4) is 0 Å². The second-order valence-corrected chi connectivity index (χ2v) is 9.62. The number of aromatic amines is 1. The molecule has 6 aromatic rings. The van der Waals surface area contributed by atoms with Crippen LogP contribution in [0.4, 0.5) is 17.6 Å². The second-order valence-electron chi connectivity index (χ2n) is 8.87. The van der Waals surface area contributed by atoms with Crippen LogP contribution in [0.5, 0.6) is 11.5 Å². The summed E-state index contributed by atoms with van der Waals surface area (Å²) in [4.78, 5) is 42.9. The third-order valence-electron chi connectivity index (χ3n) is 6.37. The summed E-state index contributed by atoms with van der Waals surface area (Å²) in [7, 11) is 2.75. The van der Waals surface area contributed by atoms with E-state index >= 15 is 0 Å². The molecule has 0 aliphatic rings. The van der Waals surface area contributed by atoms with Crippen LogP contribution in [0.25, 0.3) is 44.6 Å². The molecule has 0 aliphatic heterocycles. The zero-order chi connectivity index (χ0) is 31.9. The molecule has 0 amide bonds. The van der Waals surface area contributed by atoms with E-state index in [1.165, 1.54) is 43.5 Å². The van der Waals surface area contributed by atoms with Crippen LogP contribution in [0.2, 0.25) is 10.0 Å². The molecule has 0 atom stereocenters. The van der Waals surface area contributed by atoms with Crippen LogP contribution in [-0.4, -0.2) is 41.7 Å². The number of H-pyrrole nitrogens is 1. The van der Waals surface area contributed by atoms with Crippen LogP contribution in [0.15, 0.2) is 58.6 Å². The molecule has 0 radical (unpaired) electrons. The van der Waals surface area contributed by atoms with Crippen molar-refractivity contribution in [3.63, 3.8) is 0 Å². The summed E-state index contributed by atoms with van der Waals surface area (Å²) < 4.78 is 61.8. The first kappa shape index (κ1) is 32.8. The number of ether oxygens (including phenoxy) is 1. The lowest BCUT2D eigenvalue weighted by Gasteiger charge is -2.14. The van der Waals surface area contributed by atoms with E-state index in [4.69, 9.17) is 27.9 Å². The third-order valence-corrected chi connectivity index (χ3v) is 7.11. The maximum atomic E-state index is 14.3. The number of aryl methyl sites for hydroxylation is 1. The molecule has 232 valence electrons. The van der Waals surface area contributed by atoms with Gasteiger partial charge in [-0.2, -0.15) is 0 Å². The Morgan fingerprint density at radius 1 is 0.756 bits per heavy atom. The lowest BCUT2D eigenvalue weighted by Crippen LogP contribution is -2.22. The topological polar surface area (TPSA) is 136 Å². The van der Waals surface area contributed by atoms with Gasteiger partial charge in [0.15, 0.2) is 22.8 Å². The Labute approximate surface area is 260 Å². The maximum absolute atomic E-state index is 14.3. The van der Waals surface area contributed by atoms with Crippen molar-refractivity contribution in [3.05, 3.63) is 103 Å². The standard InChI is InChI=1S/C15H10ClF2N3O2.C13H6ClF2N3O2.CH4/c1-21-14-12(19-5-6-20-14)13(23-2)10(15(21)22)9-7(17)3-4-8(18)11(9)16;14-9-6(16)2-1-5(15)7(9)8-11(20)10-12(19-13(8)21)18-4-3-17-10;/h3-6H,1-2H3;1-4H,(H2,18,19,20,21);1H4. The normalized spacial score (nSPS) is 10.8. The van der Waals surface area contributed by atoms with Gasteiger partial charge in [0.1, 0.15) is 34.3 Å². The predicted octanol–water partition coefficient (Wildman–Crippen LogP) is 6.19. The van der Waals surface area contributed by atoms with Crippen molar-refractivity contribution in [2.45, 2.75) is 7.43 Å². The van der Waals surface area contributed by atoms with Gasteiger partial charge in [0.05, 0.1) is 28.3 Å². The first-order chi connectivity index (χ1) is 21.0. The zero-order valence-corrected chi connectivity index (χ0v) is 23.8. The number of nitrogens with zero attached hydrogens (tertiary/aromatic N) is 5. The highest BCUT2D eigenvalue weighted by Gasteiger charge is 2.26. The summed E-state index contributed by atoms with van der Waals surface area (Å²) >= 11 is 11.6. The summed E-state index contributed by atoms with van der Waals surface area (Å²) in [6, 6.07) is 3.43. The van der Waals surface area contributed by atoms with E-state index in [1.807, 2.05) is 0 Å². The third kappa shape index (κ3) is 5.65. The largest absolute Gasteiger partial charge is 0.505 e. The van der Waals surface area contributed by atoms with Gasteiger partial charge in [0, 0.05) is 43.0 Å². The van der Waals surface area contributed by atoms with E-state index in [0.717, 1.165) is 24.3 Å². The number of benzene rings is 2. The Morgan fingerprint density at radius 3 is 1.82 bits per heavy atom. The molecule has 0 spiro atoms. The molecule has 0 unspecified atom stereocenters. The Kier molecular flexibility index (Phi) is 9.39. The SMILES string of the molecule is C.COc1c(-c2c(F)ccc(F)c2Cl)c(=O)n(C)c2nccnc12.O=c1[nH]c2nccnc2c(O)c1-c1c(F)ccc(F)c1Cl. The summed E-state index contributed by atoms with van der Waals surface area (Å²) in [5.41, 5.74) is -2.59. The molecule has 4 aromatic heterocycles. The number of pyridine rings is 2. The minimum absolute atomic E-state index is 0. The Morgan fingerprint density at radius 2 is 1.24 bits per heavy atom. The number of aromatic nitrogens is 6. The number of nitrogens with one attached hydrogen (secondary N) is 1. The number of hydrogen-bond donors (Lipinski definition) is 2. The highest BCUT2D eigenvalue weighted by Crippen LogP contribution is 2.39. The van der Waals surface area contributed by atoms with E-state index in [0.29, 0.717) is 0 Å². The molecule has 16 heteroatoms. The van der Waals surface area contributed by atoms with Crippen LogP contribution in [-0.2, 0) is 7.05 Å². The van der Waals surface area contributed by atoms with Gasteiger partial charge >= 0.3 is 0 Å². The number of fused-ring (bicyclic) bond motifs is 2. The molecule has 4 heterocycles. The highest BCUT2D eigenvalue weighted by molar-refractivity contribution is 6.34. The highest BCUT2D eigenvalue weighted by atomic mass is 35.5. The molecule has 0 bridgehead atoms. The molecule has 2 N–H and O–H groups in total. The van der Waals surface area contributed by atoms with Crippen molar-refractivity contribution in [1.82, 2.24) is 29.5 Å². The number of methoxy groups -OCH3 is 1. The number of hydrogen-bond acceptors (Lipinski definition) is 8. The summed E-state index contributed by atoms with van der Waals surface area (Å²) in [6.45, 7) is 0. The van der Waals surface area contributed by atoms with Gasteiger partial charge in [0.25, 0.3) is 11.1 Å². The minimum atomic E-state index is -0.939. The molecule has 6 rings (SSSR count). The van der Waals surface area contributed by atoms with E-state index < -0.39 is 61.3 Å². The van der Waals surface area contributed by atoms with E-state index in [1.54, 1.807) is 0 Å². The predicted molar refractivity (Wildman–Crippen MR) is 161 cm³/mol. The lowest BCUT2D eigenvalue weighted by molar-refractivity contribution is 0.418. The van der Waals surface area contributed by atoms with Gasteiger partial charge in [-0.05, 0) is 24.3 Å². The smallest absolute Gasteiger partial charge is 0.263 e. The number of halogens is 6. The van der Waals surface area contributed by atoms with Crippen LogP contribution >= 0.6 is 23.2 Å². The first-order valence-electron chi connectivity index (χ1n) is 12.2. The molecule has 0 fully saturated rings. The Hall–Kier alpha value is -5.08. The molecule has 0 aliphatic carbocycles. The van der Waals surface area contributed by atoms with Gasteiger partial charge in [-0.1, -0.05) is 30.6 Å². The fraction of sp³-hybridized carbons (Fsp3) is 0.103. The van der Waals surface area contributed by atoms with Crippen molar-refractivity contribution in [1.29, 1.82) is 0 Å². The molecular weight excluding hydrogens is 643 g/mol. The second kappa shape index (κ2) is 12.9. The summed E-state index contributed by atoms with van der Waals surface area (Å²) in [5, 5.41) is 9.06. The fourth-order valence-electron chi connectivity index (χ4n) is 4.38. The quantitative estimate of drug-likeness (QED) is 0.169. The first-order valence-corrected chi connectivity index (χ1v) is 12.9. The van der Waals surface area contributed by atoms with Gasteiger partial charge in [-0.25, -0.2) is 37.5 Å². The van der Waals surface area contributed by atoms with Gasteiger partial charge < -0.3 is 14.8 Å². The van der Waals surface area contributed by atoms with E-state index in [9.17, 15) is 32.3 Å². The number of rotatable bonds is 3. The Balaban J connectivity index is 0.000000201. The van der Waals surface area contributed by atoms with Crippen molar-refractivity contribution in [2.24, 2.45) is 7.05 Å². The fourth-order valence-corrected chi connectivity index (χ4v) is 4.87. The van der Waals surface area contributed by atoms with Crippen LogP contribution < -0.4 is 15.9 Å². The molecule has 0 saturated carbocycles. The summed E-state index contributed by atoms with van der Waals surface area (Å²) in [5.74, 6) is -4.16. The van der Waals surface area contributed by atoms with Crippen LogP contribution in [0, 0.1) is 23.3 Å². The van der Waals surface area contributed by atoms with Crippen molar-refractivity contribution in [3.8, 4) is 33.8 Å². The van der Waals surface area contributed by atoms with Gasteiger partial charge in [-0.3, -0.25) is 14.2 Å². The molecule has 45 heavy (non-hydrogen) atoms. The van der Waals surface area contributed by atoms with E-state index in [2.05, 4.69) is 24.9 Å². The molecule has 0 saturated heterocycles. The average Bonchev–Trinajstić information content (AvgIpc) is 3.01. The summed E-state index contributed by atoms with van der Waals surface area (Å²) in [6.07, 6.45) is 5.42. The molecule has 2 aromatic carbocycles. The average molecular weight is 663 g/mol. The molecule has 10 nitrogen and oxygen atoms in total. The van der Waals surface area contributed by atoms with E-state index in [-0.39, 0.29) is 46.6 Å². The monoisotopic (exact) mass is 662 g/mol. The molecular formula is C29H20Cl2F4N6O4. The van der Waals surface area contributed by atoms with Gasteiger partial charge in [0.2, 0.25) is 0 Å². The van der Waals surface area contributed by atoms with Crippen molar-refractivity contribution < 1.29 is 27.4 Å². The maximum Gasteiger partial charge on any atom is 0.263 e. The van der Waals surface area contributed by atoms with Gasteiger partial charge in [-0.15, -0.1) is 0 Å².